The summed E-state index contributed by atoms with van der Waals surface area (Å²) in [4.78, 5) is 10.2. The molecule has 0 saturated carbocycles. The van der Waals surface area contributed by atoms with E-state index in [1.807, 2.05) is 6.08 Å². The van der Waals surface area contributed by atoms with Crippen LogP contribution >= 0.6 is 0 Å². The van der Waals surface area contributed by atoms with Crippen LogP contribution in [0.25, 0.3) is 0 Å². The van der Waals surface area contributed by atoms with Crippen LogP contribution in [-0.2, 0) is 4.79 Å². The van der Waals surface area contributed by atoms with Gasteiger partial charge in [-0.2, -0.15) is 0 Å². The number of carbonyl (C=O) groups excluding carboxylic acids is 1. The molecule has 0 heterocycles. The topological polar surface area (TPSA) is 17.1 Å². The minimum absolute atomic E-state index is 0.359. The molecule has 0 rings (SSSR count). The fourth-order valence-electron chi connectivity index (χ4n) is 1.04. The molecule has 0 aliphatic rings. The number of hydrogen-bond donors (Lipinski definition) is 0. The van der Waals surface area contributed by atoms with Gasteiger partial charge in [-0.1, -0.05) is 17.7 Å². The Kier molecular flexibility index (Phi) is 6.35. The van der Waals surface area contributed by atoms with Gasteiger partial charge in [-0.05, 0) is 32.6 Å². The lowest BCUT2D eigenvalue weighted by Gasteiger charge is -2.05. The highest BCUT2D eigenvalue weighted by atomic mass is 16.1. The van der Waals surface area contributed by atoms with E-state index in [2.05, 4.69) is 26.5 Å². The molecule has 12 heavy (non-hydrogen) atoms. The second-order valence-corrected chi connectivity index (χ2v) is 3.26. The zero-order valence-electron chi connectivity index (χ0n) is 8.05. The first-order valence-electron chi connectivity index (χ1n) is 4.40. The van der Waals surface area contributed by atoms with Crippen molar-refractivity contribution >= 4 is 6.29 Å². The third kappa shape index (κ3) is 5.90. The first-order valence-corrected chi connectivity index (χ1v) is 4.40. The maximum Gasteiger partial charge on any atom is 0.120 e. The maximum absolute atomic E-state index is 10.2. The summed E-state index contributed by atoms with van der Waals surface area (Å²) >= 11 is 0. The van der Waals surface area contributed by atoms with E-state index in [4.69, 9.17) is 0 Å². The van der Waals surface area contributed by atoms with Crippen molar-refractivity contribution in [3.05, 3.63) is 24.3 Å². The lowest BCUT2D eigenvalue weighted by atomic mass is 10.00. The second kappa shape index (κ2) is 6.84. The van der Waals surface area contributed by atoms with Crippen molar-refractivity contribution in [2.24, 2.45) is 5.92 Å². The fraction of sp³-hybridized carbons (Fsp3) is 0.545. The lowest BCUT2D eigenvalue weighted by molar-refractivity contribution is -0.108. The van der Waals surface area contributed by atoms with Gasteiger partial charge in [-0.25, -0.2) is 0 Å². The summed E-state index contributed by atoms with van der Waals surface area (Å²) in [6.07, 6.45) is 7.73. The van der Waals surface area contributed by atoms with Crippen molar-refractivity contribution in [2.45, 2.75) is 33.1 Å². The molecule has 0 fully saturated rings. The Morgan fingerprint density at radius 3 is 2.58 bits per heavy atom. The molecule has 68 valence electrons. The molecular weight excluding hydrogens is 148 g/mol. The van der Waals surface area contributed by atoms with Gasteiger partial charge < -0.3 is 4.79 Å². The van der Waals surface area contributed by atoms with Crippen molar-refractivity contribution < 1.29 is 4.79 Å². The van der Waals surface area contributed by atoms with Gasteiger partial charge in [0.25, 0.3) is 0 Å². The number of aldehydes is 1. The van der Waals surface area contributed by atoms with Crippen LogP contribution in [0.4, 0.5) is 0 Å². The lowest BCUT2D eigenvalue weighted by Crippen LogP contribution is -1.95. The predicted molar refractivity (Wildman–Crippen MR) is 53.0 cm³/mol. The van der Waals surface area contributed by atoms with Gasteiger partial charge in [-0.15, -0.1) is 6.58 Å². The minimum Gasteiger partial charge on any atom is -0.303 e. The van der Waals surface area contributed by atoms with Crippen LogP contribution in [0.2, 0.25) is 0 Å². The van der Waals surface area contributed by atoms with Crippen LogP contribution in [0.3, 0.4) is 0 Å². The third-order valence-electron chi connectivity index (χ3n) is 1.82. The summed E-state index contributed by atoms with van der Waals surface area (Å²) in [5.41, 5.74) is 1.34. The average Bonchev–Trinajstić information content (AvgIpc) is 2.02. The third-order valence-corrected chi connectivity index (χ3v) is 1.82. The molecule has 1 nitrogen and oxygen atoms in total. The van der Waals surface area contributed by atoms with Gasteiger partial charge in [0, 0.05) is 6.42 Å². The molecule has 0 spiro atoms. The van der Waals surface area contributed by atoms with Crippen molar-refractivity contribution in [2.75, 3.05) is 0 Å². The van der Waals surface area contributed by atoms with E-state index in [9.17, 15) is 4.79 Å². The fourth-order valence-corrected chi connectivity index (χ4v) is 1.04. The van der Waals surface area contributed by atoms with E-state index in [1.165, 1.54) is 5.57 Å². The molecule has 0 saturated heterocycles. The Hall–Kier alpha value is -0.850. The van der Waals surface area contributed by atoms with Gasteiger partial charge in [0.2, 0.25) is 0 Å². The van der Waals surface area contributed by atoms with E-state index in [1.54, 1.807) is 0 Å². The highest BCUT2D eigenvalue weighted by molar-refractivity contribution is 5.50. The zero-order chi connectivity index (χ0) is 9.40. The minimum atomic E-state index is 0.359. The molecule has 0 aromatic carbocycles. The molecule has 0 aliphatic carbocycles. The number of allylic oxidation sites excluding steroid dienone is 3. The van der Waals surface area contributed by atoms with Crippen LogP contribution in [0.1, 0.15) is 33.1 Å². The Morgan fingerprint density at radius 2 is 2.17 bits per heavy atom. The Balaban J connectivity index is 3.64. The first kappa shape index (κ1) is 11.2. The molecule has 0 aromatic rings. The number of rotatable bonds is 6. The summed E-state index contributed by atoms with van der Waals surface area (Å²) in [6, 6.07) is 0. The molecule has 0 N–H and O–H groups in total. The summed E-state index contributed by atoms with van der Waals surface area (Å²) in [6.45, 7) is 7.87. The highest BCUT2D eigenvalue weighted by Gasteiger charge is 2.00. The van der Waals surface area contributed by atoms with Crippen LogP contribution in [0.5, 0.6) is 0 Å². The van der Waals surface area contributed by atoms with Gasteiger partial charge in [0.05, 0.1) is 0 Å². The zero-order valence-corrected chi connectivity index (χ0v) is 8.05. The average molecular weight is 166 g/mol. The Bertz CT molecular complexity index is 164. The molecular formula is C11H18O. The summed E-state index contributed by atoms with van der Waals surface area (Å²) in [5, 5.41) is 0. The Labute approximate surface area is 75.2 Å². The highest BCUT2D eigenvalue weighted by Crippen LogP contribution is 2.11. The molecule has 1 heteroatoms. The Morgan fingerprint density at radius 1 is 1.50 bits per heavy atom. The first-order chi connectivity index (χ1) is 5.70. The molecule has 0 radical (unpaired) electrons. The van der Waals surface area contributed by atoms with E-state index >= 15 is 0 Å². The van der Waals surface area contributed by atoms with Crippen LogP contribution in [0, 0.1) is 5.92 Å². The van der Waals surface area contributed by atoms with Crippen molar-refractivity contribution in [1.29, 1.82) is 0 Å². The van der Waals surface area contributed by atoms with Crippen molar-refractivity contribution in [3.63, 3.8) is 0 Å². The molecule has 1 unspecified atom stereocenters. The van der Waals surface area contributed by atoms with E-state index in [0.717, 1.165) is 19.1 Å². The van der Waals surface area contributed by atoms with E-state index in [0.29, 0.717) is 12.3 Å². The standard InChI is InChI=1S/C11H18O/c1-4-11(8-9-12)7-5-6-10(2)3/h4,6,9,11H,1,5,7-8H2,2-3H3. The van der Waals surface area contributed by atoms with Gasteiger partial charge >= 0.3 is 0 Å². The maximum atomic E-state index is 10.2. The summed E-state index contributed by atoms with van der Waals surface area (Å²) in [5.74, 6) is 0.359. The monoisotopic (exact) mass is 166 g/mol. The van der Waals surface area contributed by atoms with E-state index < -0.39 is 0 Å². The van der Waals surface area contributed by atoms with E-state index in [-0.39, 0.29) is 0 Å². The van der Waals surface area contributed by atoms with Gasteiger partial charge in [0.15, 0.2) is 0 Å². The molecule has 0 aromatic heterocycles. The SMILES string of the molecule is C=CC(CC=O)CCC=C(C)C. The quantitative estimate of drug-likeness (QED) is 0.437. The smallest absolute Gasteiger partial charge is 0.120 e. The van der Waals surface area contributed by atoms with Crippen LogP contribution in [-0.4, -0.2) is 6.29 Å². The molecule has 0 bridgehead atoms. The second-order valence-electron chi connectivity index (χ2n) is 3.26. The van der Waals surface area contributed by atoms with Crippen LogP contribution in [0.15, 0.2) is 24.3 Å². The predicted octanol–water partition coefficient (Wildman–Crippen LogP) is 3.12. The largest absolute Gasteiger partial charge is 0.303 e. The van der Waals surface area contributed by atoms with Crippen molar-refractivity contribution in [3.8, 4) is 0 Å². The number of carbonyl (C=O) groups is 1. The number of hydrogen-bond acceptors (Lipinski definition) is 1. The van der Waals surface area contributed by atoms with Crippen LogP contribution < -0.4 is 0 Å². The molecule has 0 aliphatic heterocycles. The summed E-state index contributed by atoms with van der Waals surface area (Å²) in [7, 11) is 0. The molecule has 1 atom stereocenters. The van der Waals surface area contributed by atoms with Gasteiger partial charge in [0.1, 0.15) is 6.29 Å². The van der Waals surface area contributed by atoms with Gasteiger partial charge in [-0.3, -0.25) is 0 Å². The summed E-state index contributed by atoms with van der Waals surface area (Å²) < 4.78 is 0. The normalized spacial score (nSPS) is 11.8. The molecule has 0 amide bonds. The van der Waals surface area contributed by atoms with Crippen molar-refractivity contribution in [1.82, 2.24) is 0 Å².